The summed E-state index contributed by atoms with van der Waals surface area (Å²) in [5.41, 5.74) is 6.47. The lowest BCUT2D eigenvalue weighted by Crippen LogP contribution is -2.09. The minimum Gasteiger partial charge on any atom is -0.495 e. The molecule has 3 rings (SSSR count). The summed E-state index contributed by atoms with van der Waals surface area (Å²) >= 11 is 12.1. The van der Waals surface area contributed by atoms with Crippen molar-refractivity contribution in [2.75, 3.05) is 18.2 Å². The van der Waals surface area contributed by atoms with Crippen molar-refractivity contribution in [3.63, 3.8) is 0 Å². The number of methoxy groups -OCH3 is 1. The molecule has 0 radical (unpaired) electrons. The molecule has 3 N–H and O–H groups in total. The van der Waals surface area contributed by atoms with Crippen LogP contribution in [0, 0.1) is 0 Å². The van der Waals surface area contributed by atoms with Gasteiger partial charge in [0.15, 0.2) is 5.82 Å². The molecule has 1 aromatic heterocycles. The SMILES string of the molecule is COc1ccccc1Nc1nc(N)nc(COc2cccc(Cl)c2Cl)n1. The molecule has 0 aliphatic heterocycles. The van der Waals surface area contributed by atoms with Crippen molar-refractivity contribution in [2.45, 2.75) is 6.61 Å². The first kappa shape index (κ1) is 18.0. The van der Waals surface area contributed by atoms with Gasteiger partial charge in [0.1, 0.15) is 23.1 Å². The Labute approximate surface area is 160 Å². The van der Waals surface area contributed by atoms with Crippen LogP contribution in [0.4, 0.5) is 17.6 Å². The van der Waals surface area contributed by atoms with Crippen LogP contribution in [0.3, 0.4) is 0 Å². The minimum atomic E-state index is 0.0490. The molecule has 0 unspecified atom stereocenters. The summed E-state index contributed by atoms with van der Waals surface area (Å²) in [5, 5.41) is 3.78. The standard InChI is InChI=1S/C17H15Cl2N5O2/c1-25-12-7-3-2-6-11(12)21-17-23-14(22-16(20)24-17)9-26-13-8-4-5-10(18)15(13)19/h2-8H,9H2,1H3,(H3,20,21,22,23,24). The lowest BCUT2D eigenvalue weighted by atomic mass is 10.3. The van der Waals surface area contributed by atoms with E-state index in [4.69, 9.17) is 38.4 Å². The summed E-state index contributed by atoms with van der Waals surface area (Å²) in [6.07, 6.45) is 0. The van der Waals surface area contributed by atoms with Gasteiger partial charge >= 0.3 is 0 Å². The number of nitrogens with zero attached hydrogens (tertiary/aromatic N) is 3. The average molecular weight is 392 g/mol. The summed E-state index contributed by atoms with van der Waals surface area (Å²) in [4.78, 5) is 12.4. The quantitative estimate of drug-likeness (QED) is 0.652. The van der Waals surface area contributed by atoms with Crippen LogP contribution in [-0.4, -0.2) is 22.1 Å². The monoisotopic (exact) mass is 391 g/mol. The fourth-order valence-corrected chi connectivity index (χ4v) is 2.51. The van der Waals surface area contributed by atoms with Crippen molar-refractivity contribution in [1.29, 1.82) is 0 Å². The van der Waals surface area contributed by atoms with E-state index >= 15 is 0 Å². The zero-order valence-electron chi connectivity index (χ0n) is 13.7. The molecule has 0 atom stereocenters. The largest absolute Gasteiger partial charge is 0.495 e. The van der Waals surface area contributed by atoms with Crippen LogP contribution >= 0.6 is 23.2 Å². The second kappa shape index (κ2) is 8.07. The Hall–Kier alpha value is -2.77. The van der Waals surface area contributed by atoms with Gasteiger partial charge in [0.05, 0.1) is 17.8 Å². The van der Waals surface area contributed by atoms with Gasteiger partial charge in [0.25, 0.3) is 0 Å². The topological polar surface area (TPSA) is 95.2 Å². The van der Waals surface area contributed by atoms with Gasteiger partial charge in [0.2, 0.25) is 11.9 Å². The van der Waals surface area contributed by atoms with E-state index in [1.165, 1.54) is 0 Å². The summed E-state index contributed by atoms with van der Waals surface area (Å²) < 4.78 is 10.9. The van der Waals surface area contributed by atoms with E-state index in [0.29, 0.717) is 33.1 Å². The van der Waals surface area contributed by atoms with Gasteiger partial charge in [0, 0.05) is 0 Å². The first-order chi connectivity index (χ1) is 12.6. The predicted molar refractivity (Wildman–Crippen MR) is 101 cm³/mol. The number of hydrogen-bond donors (Lipinski definition) is 2. The third-order valence-electron chi connectivity index (χ3n) is 3.33. The maximum absolute atomic E-state index is 6.10. The van der Waals surface area contributed by atoms with Crippen LogP contribution in [0.25, 0.3) is 0 Å². The van der Waals surface area contributed by atoms with E-state index in [2.05, 4.69) is 20.3 Å². The van der Waals surface area contributed by atoms with E-state index in [9.17, 15) is 0 Å². The molecule has 134 valence electrons. The zero-order chi connectivity index (χ0) is 18.5. The Kier molecular flexibility index (Phi) is 5.60. The molecule has 0 amide bonds. The lowest BCUT2D eigenvalue weighted by Gasteiger charge is -2.11. The highest BCUT2D eigenvalue weighted by molar-refractivity contribution is 6.42. The average Bonchev–Trinajstić information content (AvgIpc) is 2.63. The zero-order valence-corrected chi connectivity index (χ0v) is 15.3. The Morgan fingerprint density at radius 2 is 1.77 bits per heavy atom. The van der Waals surface area contributed by atoms with E-state index in [0.717, 1.165) is 0 Å². The number of para-hydroxylation sites is 2. The fourth-order valence-electron chi connectivity index (χ4n) is 2.16. The number of nitrogens with one attached hydrogen (secondary N) is 1. The smallest absolute Gasteiger partial charge is 0.232 e. The molecule has 1 heterocycles. The summed E-state index contributed by atoms with van der Waals surface area (Å²) in [6.45, 7) is 0.0490. The van der Waals surface area contributed by atoms with Gasteiger partial charge in [-0.25, -0.2) is 0 Å². The third-order valence-corrected chi connectivity index (χ3v) is 4.13. The van der Waals surface area contributed by atoms with Crippen molar-refractivity contribution < 1.29 is 9.47 Å². The molecular formula is C17H15Cl2N5O2. The van der Waals surface area contributed by atoms with E-state index in [-0.39, 0.29) is 18.5 Å². The highest BCUT2D eigenvalue weighted by Crippen LogP contribution is 2.32. The highest BCUT2D eigenvalue weighted by Gasteiger charge is 2.10. The van der Waals surface area contributed by atoms with E-state index in [1.807, 2.05) is 24.3 Å². The fraction of sp³-hybridized carbons (Fsp3) is 0.118. The van der Waals surface area contributed by atoms with Crippen LogP contribution in [0.1, 0.15) is 5.82 Å². The third kappa shape index (κ3) is 4.25. The van der Waals surface area contributed by atoms with Crippen molar-refractivity contribution >= 4 is 40.8 Å². The maximum Gasteiger partial charge on any atom is 0.232 e. The van der Waals surface area contributed by atoms with Crippen LogP contribution in [0.5, 0.6) is 11.5 Å². The van der Waals surface area contributed by atoms with Crippen LogP contribution in [0.2, 0.25) is 10.0 Å². The van der Waals surface area contributed by atoms with Gasteiger partial charge in [-0.15, -0.1) is 0 Å². The Bertz CT molecular complexity index is 923. The second-order valence-corrected chi connectivity index (χ2v) is 5.88. The molecule has 0 aliphatic rings. The molecule has 0 saturated heterocycles. The van der Waals surface area contributed by atoms with E-state index < -0.39 is 0 Å². The molecule has 2 aromatic carbocycles. The van der Waals surface area contributed by atoms with Crippen molar-refractivity contribution in [2.24, 2.45) is 0 Å². The maximum atomic E-state index is 6.10. The Morgan fingerprint density at radius 3 is 2.58 bits per heavy atom. The van der Waals surface area contributed by atoms with Gasteiger partial charge in [-0.2, -0.15) is 15.0 Å². The predicted octanol–water partition coefficient (Wildman–Crippen LogP) is 4.09. The molecular weight excluding hydrogens is 377 g/mol. The van der Waals surface area contributed by atoms with Gasteiger partial charge in [-0.05, 0) is 24.3 Å². The second-order valence-electron chi connectivity index (χ2n) is 5.10. The lowest BCUT2D eigenvalue weighted by molar-refractivity contribution is 0.296. The number of halogens is 2. The molecule has 3 aromatic rings. The number of ether oxygens (including phenoxy) is 2. The number of rotatable bonds is 6. The first-order valence-corrected chi connectivity index (χ1v) is 8.29. The molecule has 26 heavy (non-hydrogen) atoms. The molecule has 9 heteroatoms. The minimum absolute atomic E-state index is 0.0490. The molecule has 7 nitrogen and oxygen atoms in total. The van der Waals surface area contributed by atoms with Crippen molar-refractivity contribution in [3.05, 3.63) is 58.3 Å². The number of hydrogen-bond acceptors (Lipinski definition) is 7. The first-order valence-electron chi connectivity index (χ1n) is 7.54. The molecule has 0 bridgehead atoms. The Morgan fingerprint density at radius 1 is 1.00 bits per heavy atom. The van der Waals surface area contributed by atoms with Gasteiger partial charge < -0.3 is 20.5 Å². The highest BCUT2D eigenvalue weighted by atomic mass is 35.5. The number of aromatic nitrogens is 3. The summed E-state index contributed by atoms with van der Waals surface area (Å²) in [6, 6.07) is 12.5. The summed E-state index contributed by atoms with van der Waals surface area (Å²) in [7, 11) is 1.58. The number of anilines is 3. The number of nitrogens with two attached hydrogens (primary N) is 1. The van der Waals surface area contributed by atoms with Gasteiger partial charge in [-0.3, -0.25) is 0 Å². The van der Waals surface area contributed by atoms with Crippen LogP contribution in [-0.2, 0) is 6.61 Å². The molecule has 0 aliphatic carbocycles. The number of benzene rings is 2. The van der Waals surface area contributed by atoms with Crippen LogP contribution < -0.4 is 20.5 Å². The molecule has 0 saturated carbocycles. The van der Waals surface area contributed by atoms with Crippen LogP contribution in [0.15, 0.2) is 42.5 Å². The van der Waals surface area contributed by atoms with Crippen molar-refractivity contribution in [3.8, 4) is 11.5 Å². The number of nitrogen functional groups attached to an aromatic ring is 1. The Balaban J connectivity index is 1.78. The van der Waals surface area contributed by atoms with Crippen molar-refractivity contribution in [1.82, 2.24) is 15.0 Å². The summed E-state index contributed by atoms with van der Waals surface area (Å²) in [5.74, 6) is 1.75. The molecule has 0 fully saturated rings. The van der Waals surface area contributed by atoms with E-state index in [1.54, 1.807) is 25.3 Å². The molecule has 0 spiro atoms. The normalized spacial score (nSPS) is 10.4. The van der Waals surface area contributed by atoms with Gasteiger partial charge in [-0.1, -0.05) is 41.4 Å².